The van der Waals surface area contributed by atoms with Gasteiger partial charge in [0.1, 0.15) is 0 Å². The molecule has 0 fully saturated rings. The molecule has 0 aliphatic rings. The standard InChI is InChI=1S/C12H24N4O3S/c1-3-13-9-11-10-14-16-12(11)20(17,18)15-7-5-4-6-8-19-2/h10,13,15H,3-9H2,1-2H3,(H,14,16). The van der Waals surface area contributed by atoms with Gasteiger partial charge in [-0.3, -0.25) is 5.10 Å². The summed E-state index contributed by atoms with van der Waals surface area (Å²) in [5, 5.41) is 9.60. The van der Waals surface area contributed by atoms with Gasteiger partial charge in [0.15, 0.2) is 5.03 Å². The van der Waals surface area contributed by atoms with E-state index in [4.69, 9.17) is 4.74 Å². The number of unbranched alkanes of at least 4 members (excludes halogenated alkanes) is 2. The van der Waals surface area contributed by atoms with E-state index in [1.54, 1.807) is 7.11 Å². The number of ether oxygens (including phenoxy) is 1. The van der Waals surface area contributed by atoms with Crippen LogP contribution < -0.4 is 10.0 Å². The Morgan fingerprint density at radius 3 is 2.85 bits per heavy atom. The first-order valence-corrected chi connectivity index (χ1v) is 8.31. The molecule has 0 aliphatic heterocycles. The van der Waals surface area contributed by atoms with Crippen LogP contribution in [0.3, 0.4) is 0 Å². The molecule has 3 N–H and O–H groups in total. The molecule has 0 bridgehead atoms. The number of rotatable bonds is 11. The molecule has 1 rings (SSSR count). The molecule has 1 aromatic heterocycles. The fourth-order valence-corrected chi connectivity index (χ4v) is 2.94. The van der Waals surface area contributed by atoms with Crippen molar-refractivity contribution in [2.24, 2.45) is 0 Å². The van der Waals surface area contributed by atoms with Crippen LogP contribution in [0.1, 0.15) is 31.7 Å². The van der Waals surface area contributed by atoms with Crippen molar-refractivity contribution in [1.29, 1.82) is 0 Å². The average Bonchev–Trinajstić information content (AvgIpc) is 2.89. The maximum absolute atomic E-state index is 12.1. The number of nitrogens with zero attached hydrogens (tertiary/aromatic N) is 1. The fraction of sp³-hybridized carbons (Fsp3) is 0.750. The summed E-state index contributed by atoms with van der Waals surface area (Å²) in [5.74, 6) is 0. The highest BCUT2D eigenvalue weighted by Crippen LogP contribution is 2.11. The maximum atomic E-state index is 12.1. The van der Waals surface area contributed by atoms with Crippen LogP contribution in [0.4, 0.5) is 0 Å². The van der Waals surface area contributed by atoms with Crippen LogP contribution in [0.2, 0.25) is 0 Å². The average molecular weight is 304 g/mol. The van der Waals surface area contributed by atoms with Gasteiger partial charge in [-0.05, 0) is 25.8 Å². The molecular formula is C12H24N4O3S. The lowest BCUT2D eigenvalue weighted by Gasteiger charge is -2.07. The fourth-order valence-electron chi connectivity index (χ4n) is 1.74. The SMILES string of the molecule is CCNCc1cn[nH]c1S(=O)(=O)NCCCCCOC. The van der Waals surface area contributed by atoms with Gasteiger partial charge < -0.3 is 10.1 Å². The van der Waals surface area contributed by atoms with Crippen molar-refractivity contribution in [3.63, 3.8) is 0 Å². The van der Waals surface area contributed by atoms with Gasteiger partial charge in [-0.2, -0.15) is 5.10 Å². The minimum atomic E-state index is -3.51. The summed E-state index contributed by atoms with van der Waals surface area (Å²) in [5.41, 5.74) is 0.652. The first-order chi connectivity index (χ1) is 9.61. The van der Waals surface area contributed by atoms with Gasteiger partial charge in [0.2, 0.25) is 0 Å². The molecule has 0 amide bonds. The molecule has 8 heteroatoms. The smallest absolute Gasteiger partial charge is 0.257 e. The predicted octanol–water partition coefficient (Wildman–Crippen LogP) is 0.614. The highest BCUT2D eigenvalue weighted by Gasteiger charge is 2.19. The number of sulfonamides is 1. The van der Waals surface area contributed by atoms with Gasteiger partial charge in [-0.25, -0.2) is 13.1 Å². The quantitative estimate of drug-likeness (QED) is 0.521. The van der Waals surface area contributed by atoms with Crippen LogP contribution in [0.25, 0.3) is 0 Å². The summed E-state index contributed by atoms with van der Waals surface area (Å²) in [6.45, 7) is 4.35. The molecule has 20 heavy (non-hydrogen) atoms. The van der Waals surface area contributed by atoms with E-state index in [9.17, 15) is 8.42 Å². The zero-order valence-corrected chi connectivity index (χ0v) is 12.9. The number of H-pyrrole nitrogens is 1. The van der Waals surface area contributed by atoms with Gasteiger partial charge in [0, 0.05) is 32.4 Å². The lowest BCUT2D eigenvalue weighted by molar-refractivity contribution is 0.192. The Bertz CT molecular complexity index is 473. The Labute approximate surface area is 120 Å². The van der Waals surface area contributed by atoms with Gasteiger partial charge in [0.25, 0.3) is 10.0 Å². The van der Waals surface area contributed by atoms with Gasteiger partial charge >= 0.3 is 0 Å². The summed E-state index contributed by atoms with van der Waals surface area (Å²) in [6, 6.07) is 0. The maximum Gasteiger partial charge on any atom is 0.257 e. The number of aromatic amines is 1. The minimum absolute atomic E-state index is 0.148. The summed E-state index contributed by atoms with van der Waals surface area (Å²) >= 11 is 0. The second-order valence-electron chi connectivity index (χ2n) is 4.46. The lowest BCUT2D eigenvalue weighted by atomic mass is 10.2. The topological polar surface area (TPSA) is 96.1 Å². The largest absolute Gasteiger partial charge is 0.385 e. The van der Waals surface area contributed by atoms with Crippen LogP contribution in [-0.4, -0.2) is 45.4 Å². The predicted molar refractivity (Wildman–Crippen MR) is 76.9 cm³/mol. The van der Waals surface area contributed by atoms with Crippen molar-refractivity contribution in [2.45, 2.75) is 37.8 Å². The molecule has 0 aromatic carbocycles. The van der Waals surface area contributed by atoms with E-state index in [1.165, 1.54) is 6.20 Å². The van der Waals surface area contributed by atoms with Crippen molar-refractivity contribution >= 4 is 10.0 Å². The molecule has 116 valence electrons. The Kier molecular flexibility index (Phi) is 7.75. The second-order valence-corrected chi connectivity index (χ2v) is 6.16. The zero-order chi connectivity index (χ0) is 14.8. The highest BCUT2D eigenvalue weighted by molar-refractivity contribution is 7.89. The normalized spacial score (nSPS) is 11.9. The molecule has 7 nitrogen and oxygen atoms in total. The number of aromatic nitrogens is 2. The molecule has 0 saturated carbocycles. The monoisotopic (exact) mass is 304 g/mol. The molecule has 0 atom stereocenters. The molecule has 0 spiro atoms. The Morgan fingerprint density at radius 2 is 2.15 bits per heavy atom. The first kappa shape index (κ1) is 17.1. The summed E-state index contributed by atoms with van der Waals surface area (Å²) in [4.78, 5) is 0. The van der Waals surface area contributed by atoms with E-state index < -0.39 is 10.0 Å². The van der Waals surface area contributed by atoms with Crippen molar-refractivity contribution in [3.05, 3.63) is 11.8 Å². The van der Waals surface area contributed by atoms with Gasteiger partial charge in [-0.1, -0.05) is 6.92 Å². The third-order valence-electron chi connectivity index (χ3n) is 2.83. The second kappa shape index (κ2) is 9.06. The van der Waals surface area contributed by atoms with E-state index in [1.807, 2.05) is 6.92 Å². The van der Waals surface area contributed by atoms with Crippen LogP contribution >= 0.6 is 0 Å². The Morgan fingerprint density at radius 1 is 1.35 bits per heavy atom. The lowest BCUT2D eigenvalue weighted by Crippen LogP contribution is -2.27. The van der Waals surface area contributed by atoms with Crippen LogP contribution in [0, 0.1) is 0 Å². The number of nitrogens with one attached hydrogen (secondary N) is 3. The number of hydrogen-bond donors (Lipinski definition) is 3. The molecule has 1 aromatic rings. The molecule has 0 unspecified atom stereocenters. The minimum Gasteiger partial charge on any atom is -0.385 e. The Hall–Kier alpha value is -0.960. The number of methoxy groups -OCH3 is 1. The van der Waals surface area contributed by atoms with Gasteiger partial charge in [0.05, 0.1) is 6.20 Å². The molecule has 0 radical (unpaired) electrons. The van der Waals surface area contributed by atoms with Crippen molar-refractivity contribution in [2.75, 3.05) is 26.8 Å². The van der Waals surface area contributed by atoms with E-state index in [-0.39, 0.29) is 5.03 Å². The third-order valence-corrected chi connectivity index (χ3v) is 4.30. The zero-order valence-electron chi connectivity index (χ0n) is 12.1. The summed E-state index contributed by atoms with van der Waals surface area (Å²) < 4.78 is 31.8. The van der Waals surface area contributed by atoms with Crippen molar-refractivity contribution in [1.82, 2.24) is 20.2 Å². The summed E-state index contributed by atoms with van der Waals surface area (Å²) in [7, 11) is -1.85. The van der Waals surface area contributed by atoms with Crippen LogP contribution in [0.15, 0.2) is 11.2 Å². The molecular weight excluding hydrogens is 280 g/mol. The van der Waals surface area contributed by atoms with Crippen molar-refractivity contribution < 1.29 is 13.2 Å². The van der Waals surface area contributed by atoms with Crippen LogP contribution in [0.5, 0.6) is 0 Å². The molecule has 0 saturated heterocycles. The Balaban J connectivity index is 2.45. The van der Waals surface area contributed by atoms with Crippen molar-refractivity contribution in [3.8, 4) is 0 Å². The highest BCUT2D eigenvalue weighted by atomic mass is 32.2. The molecule has 0 aliphatic carbocycles. The third kappa shape index (κ3) is 5.58. The molecule has 1 heterocycles. The van der Waals surface area contributed by atoms with Gasteiger partial charge in [-0.15, -0.1) is 0 Å². The first-order valence-electron chi connectivity index (χ1n) is 6.83. The van der Waals surface area contributed by atoms with E-state index in [0.29, 0.717) is 25.3 Å². The number of hydrogen-bond acceptors (Lipinski definition) is 5. The summed E-state index contributed by atoms with van der Waals surface area (Å²) in [6.07, 6.45) is 4.20. The van der Waals surface area contributed by atoms with E-state index >= 15 is 0 Å². The van der Waals surface area contributed by atoms with E-state index in [2.05, 4.69) is 20.2 Å². The van der Waals surface area contributed by atoms with E-state index in [0.717, 1.165) is 25.8 Å². The van der Waals surface area contributed by atoms with Crippen LogP contribution in [-0.2, 0) is 21.3 Å².